The van der Waals surface area contributed by atoms with E-state index >= 15 is 0 Å². The molecule has 1 heterocycles. The molecule has 0 aromatic rings. The van der Waals surface area contributed by atoms with Gasteiger partial charge in [0, 0.05) is 6.42 Å². The van der Waals surface area contributed by atoms with Crippen LogP contribution in [0.4, 0.5) is 4.79 Å². The highest BCUT2D eigenvalue weighted by atomic mass is 16.6. The monoisotopic (exact) mass is 285 g/mol. The topological polar surface area (TPSA) is 55.8 Å². The average Bonchev–Trinajstić information content (AvgIpc) is 2.83. The number of carbonyl (C=O) groups excluding carboxylic acids is 2. The van der Waals surface area contributed by atoms with Crippen molar-refractivity contribution in [2.24, 2.45) is 0 Å². The average molecular weight is 285 g/mol. The van der Waals surface area contributed by atoms with E-state index in [0.717, 1.165) is 12.8 Å². The zero-order valence-corrected chi connectivity index (χ0v) is 12.6. The molecule has 20 heavy (non-hydrogen) atoms. The third-order valence-electron chi connectivity index (χ3n) is 3.45. The molecule has 1 aliphatic rings. The number of cyclic esters (lactones) is 1. The third-order valence-corrected chi connectivity index (χ3v) is 3.45. The molecule has 5 heteroatoms. The van der Waals surface area contributed by atoms with Crippen LogP contribution in [0.1, 0.15) is 58.3 Å². The molecule has 0 aromatic carbocycles. The fourth-order valence-corrected chi connectivity index (χ4v) is 2.20. The van der Waals surface area contributed by atoms with Crippen LogP contribution in [0, 0.1) is 0 Å². The maximum absolute atomic E-state index is 11.5. The Hall–Kier alpha value is -1.26. The highest BCUT2D eigenvalue weighted by Gasteiger charge is 2.21. The maximum Gasteiger partial charge on any atom is 0.410 e. The zero-order valence-electron chi connectivity index (χ0n) is 12.6. The lowest BCUT2D eigenvalue weighted by atomic mass is 10.1. The van der Waals surface area contributed by atoms with Crippen LogP contribution < -0.4 is 0 Å². The first-order valence-corrected chi connectivity index (χ1v) is 7.81. The van der Waals surface area contributed by atoms with Gasteiger partial charge in [-0.3, -0.25) is 4.79 Å². The Morgan fingerprint density at radius 2 is 1.90 bits per heavy atom. The van der Waals surface area contributed by atoms with Crippen LogP contribution in [-0.4, -0.2) is 43.3 Å². The first-order chi connectivity index (χ1) is 9.74. The van der Waals surface area contributed by atoms with E-state index in [-0.39, 0.29) is 18.7 Å². The molecule has 0 saturated carbocycles. The van der Waals surface area contributed by atoms with Gasteiger partial charge < -0.3 is 14.4 Å². The van der Waals surface area contributed by atoms with E-state index in [0.29, 0.717) is 26.1 Å². The van der Waals surface area contributed by atoms with Gasteiger partial charge in [0.1, 0.15) is 13.2 Å². The minimum absolute atomic E-state index is 0.161. The SMILES string of the molecule is CCCCCCCCCC(=O)OCCN1CCOC1=O. The Balaban J connectivity index is 1.89. The van der Waals surface area contributed by atoms with Gasteiger partial charge in [-0.25, -0.2) is 4.79 Å². The van der Waals surface area contributed by atoms with Crippen molar-refractivity contribution in [3.63, 3.8) is 0 Å². The molecular formula is C15H27NO4. The van der Waals surface area contributed by atoms with Gasteiger partial charge in [0.05, 0.1) is 13.1 Å². The highest BCUT2D eigenvalue weighted by Crippen LogP contribution is 2.09. The second-order valence-corrected chi connectivity index (χ2v) is 5.19. The number of ether oxygens (including phenoxy) is 2. The number of hydrogen-bond acceptors (Lipinski definition) is 4. The summed E-state index contributed by atoms with van der Waals surface area (Å²) in [5.74, 6) is -0.161. The van der Waals surface area contributed by atoms with Crippen LogP contribution in [0.15, 0.2) is 0 Å². The largest absolute Gasteiger partial charge is 0.464 e. The molecular weight excluding hydrogens is 258 g/mol. The van der Waals surface area contributed by atoms with Crippen molar-refractivity contribution in [1.82, 2.24) is 4.90 Å². The Bertz CT molecular complexity index is 294. The maximum atomic E-state index is 11.5. The fourth-order valence-electron chi connectivity index (χ4n) is 2.20. The van der Waals surface area contributed by atoms with Crippen LogP contribution in [0.5, 0.6) is 0 Å². The van der Waals surface area contributed by atoms with Crippen molar-refractivity contribution >= 4 is 12.1 Å². The number of amides is 1. The summed E-state index contributed by atoms with van der Waals surface area (Å²) >= 11 is 0. The summed E-state index contributed by atoms with van der Waals surface area (Å²) in [7, 11) is 0. The number of unbranched alkanes of at least 4 members (excludes halogenated alkanes) is 6. The van der Waals surface area contributed by atoms with Crippen molar-refractivity contribution in [3.8, 4) is 0 Å². The van der Waals surface area contributed by atoms with Crippen LogP contribution in [0.2, 0.25) is 0 Å². The number of rotatable bonds is 11. The summed E-state index contributed by atoms with van der Waals surface area (Å²) in [4.78, 5) is 24.2. The predicted molar refractivity (Wildman–Crippen MR) is 76.5 cm³/mol. The molecule has 1 amide bonds. The molecule has 5 nitrogen and oxygen atoms in total. The molecule has 1 fully saturated rings. The van der Waals surface area contributed by atoms with Gasteiger partial charge in [-0.05, 0) is 6.42 Å². The van der Waals surface area contributed by atoms with E-state index in [2.05, 4.69) is 6.92 Å². The van der Waals surface area contributed by atoms with Gasteiger partial charge in [-0.15, -0.1) is 0 Å². The van der Waals surface area contributed by atoms with E-state index < -0.39 is 0 Å². The summed E-state index contributed by atoms with van der Waals surface area (Å²) in [6, 6.07) is 0. The normalized spacial score (nSPS) is 14.4. The van der Waals surface area contributed by atoms with Crippen LogP contribution in [-0.2, 0) is 14.3 Å². The van der Waals surface area contributed by atoms with Crippen LogP contribution in [0.3, 0.4) is 0 Å². The molecule has 0 N–H and O–H groups in total. The van der Waals surface area contributed by atoms with Crippen molar-refractivity contribution in [2.45, 2.75) is 58.3 Å². The molecule has 1 rings (SSSR count). The second-order valence-electron chi connectivity index (χ2n) is 5.19. The molecule has 0 radical (unpaired) electrons. The smallest absolute Gasteiger partial charge is 0.410 e. The first-order valence-electron chi connectivity index (χ1n) is 7.81. The number of nitrogens with zero attached hydrogens (tertiary/aromatic N) is 1. The molecule has 0 unspecified atom stereocenters. The van der Waals surface area contributed by atoms with Crippen molar-refractivity contribution in [3.05, 3.63) is 0 Å². The molecule has 0 aromatic heterocycles. The van der Waals surface area contributed by atoms with Gasteiger partial charge in [-0.1, -0.05) is 45.4 Å². The van der Waals surface area contributed by atoms with E-state index in [1.807, 2.05) is 0 Å². The quantitative estimate of drug-likeness (QED) is 0.432. The van der Waals surface area contributed by atoms with Crippen LogP contribution in [0.25, 0.3) is 0 Å². The molecule has 116 valence electrons. The van der Waals surface area contributed by atoms with Gasteiger partial charge >= 0.3 is 12.1 Å². The fraction of sp³-hybridized carbons (Fsp3) is 0.867. The van der Waals surface area contributed by atoms with Crippen molar-refractivity contribution in [1.29, 1.82) is 0 Å². The van der Waals surface area contributed by atoms with E-state index in [9.17, 15) is 9.59 Å². The second kappa shape index (κ2) is 10.5. The number of carbonyl (C=O) groups is 2. The molecule has 1 saturated heterocycles. The zero-order chi connectivity index (χ0) is 14.6. The van der Waals surface area contributed by atoms with E-state index in [1.54, 1.807) is 4.90 Å². The van der Waals surface area contributed by atoms with Crippen molar-refractivity contribution in [2.75, 3.05) is 26.3 Å². The Kier molecular flexibility index (Phi) is 8.83. The Morgan fingerprint density at radius 3 is 2.55 bits per heavy atom. The van der Waals surface area contributed by atoms with Gasteiger partial charge in [0.2, 0.25) is 0 Å². The molecule has 0 bridgehead atoms. The first kappa shape index (κ1) is 16.8. The lowest BCUT2D eigenvalue weighted by Gasteiger charge is -2.12. The lowest BCUT2D eigenvalue weighted by Crippen LogP contribution is -2.28. The Morgan fingerprint density at radius 1 is 1.20 bits per heavy atom. The standard InChI is InChI=1S/C15H27NO4/c1-2-3-4-5-6-7-8-9-14(17)19-12-10-16-11-13-20-15(16)18/h2-13H2,1H3. The minimum Gasteiger partial charge on any atom is -0.464 e. The predicted octanol–water partition coefficient (Wildman–Crippen LogP) is 3.12. The summed E-state index contributed by atoms with van der Waals surface area (Å²) in [6.07, 6.45) is 8.50. The molecule has 0 spiro atoms. The van der Waals surface area contributed by atoms with Gasteiger partial charge in [0.25, 0.3) is 0 Å². The lowest BCUT2D eigenvalue weighted by molar-refractivity contribution is -0.144. The number of esters is 1. The summed E-state index contributed by atoms with van der Waals surface area (Å²) < 4.78 is 9.90. The molecule has 0 aliphatic carbocycles. The van der Waals surface area contributed by atoms with E-state index in [1.165, 1.54) is 32.1 Å². The van der Waals surface area contributed by atoms with Gasteiger partial charge in [0.15, 0.2) is 0 Å². The summed E-state index contributed by atoms with van der Waals surface area (Å²) in [6.45, 7) is 3.93. The third kappa shape index (κ3) is 7.36. The van der Waals surface area contributed by atoms with E-state index in [4.69, 9.17) is 9.47 Å². The van der Waals surface area contributed by atoms with Gasteiger partial charge in [-0.2, -0.15) is 0 Å². The van der Waals surface area contributed by atoms with Crippen molar-refractivity contribution < 1.29 is 19.1 Å². The summed E-state index contributed by atoms with van der Waals surface area (Å²) in [5, 5.41) is 0. The number of hydrogen-bond donors (Lipinski definition) is 0. The minimum atomic E-state index is -0.312. The summed E-state index contributed by atoms with van der Waals surface area (Å²) in [5.41, 5.74) is 0. The molecule has 1 aliphatic heterocycles. The highest BCUT2D eigenvalue weighted by molar-refractivity contribution is 5.70. The molecule has 0 atom stereocenters. The van der Waals surface area contributed by atoms with Crippen LogP contribution >= 0.6 is 0 Å². The Labute approximate surface area is 121 Å².